The van der Waals surface area contributed by atoms with Crippen molar-refractivity contribution in [2.24, 2.45) is 5.10 Å². The fourth-order valence-electron chi connectivity index (χ4n) is 2.29. The summed E-state index contributed by atoms with van der Waals surface area (Å²) in [7, 11) is 0. The molecule has 1 amide bonds. The predicted molar refractivity (Wildman–Crippen MR) is 96.2 cm³/mol. The molecule has 0 aliphatic heterocycles. The zero-order valence-electron chi connectivity index (χ0n) is 13.9. The highest BCUT2D eigenvalue weighted by atomic mass is 16.2. The molecule has 0 atom stereocenters. The molecule has 122 valence electrons. The number of rotatable bonds is 6. The van der Waals surface area contributed by atoms with Crippen LogP contribution in [0.25, 0.3) is 0 Å². The van der Waals surface area contributed by atoms with E-state index in [9.17, 15) is 4.79 Å². The van der Waals surface area contributed by atoms with Gasteiger partial charge in [-0.05, 0) is 55.8 Å². The van der Waals surface area contributed by atoms with E-state index in [2.05, 4.69) is 35.3 Å². The van der Waals surface area contributed by atoms with E-state index in [-0.39, 0.29) is 5.91 Å². The van der Waals surface area contributed by atoms with Gasteiger partial charge in [0.05, 0.1) is 17.8 Å². The minimum absolute atomic E-state index is 0.258. The number of carbonyl (C=O) groups excluding carboxylic acids is 1. The van der Waals surface area contributed by atoms with E-state index in [4.69, 9.17) is 5.26 Å². The van der Waals surface area contributed by atoms with Crippen LogP contribution in [0.5, 0.6) is 0 Å². The van der Waals surface area contributed by atoms with Gasteiger partial charge in [0.2, 0.25) is 0 Å². The number of amides is 1. The first-order valence-corrected chi connectivity index (χ1v) is 7.86. The van der Waals surface area contributed by atoms with Crippen molar-refractivity contribution in [2.75, 3.05) is 18.0 Å². The molecule has 0 spiro atoms. The number of anilines is 1. The number of nitriles is 1. The van der Waals surface area contributed by atoms with E-state index >= 15 is 0 Å². The molecule has 0 saturated carbocycles. The Balaban J connectivity index is 1.96. The van der Waals surface area contributed by atoms with E-state index < -0.39 is 0 Å². The first kappa shape index (κ1) is 17.2. The molecule has 2 aromatic carbocycles. The van der Waals surface area contributed by atoms with Crippen molar-refractivity contribution in [3.63, 3.8) is 0 Å². The number of hydrazone groups is 1. The van der Waals surface area contributed by atoms with Crippen LogP contribution in [0.4, 0.5) is 5.69 Å². The first-order chi connectivity index (χ1) is 11.7. The summed E-state index contributed by atoms with van der Waals surface area (Å²) in [5, 5.41) is 12.7. The van der Waals surface area contributed by atoms with Gasteiger partial charge in [-0.2, -0.15) is 10.4 Å². The first-order valence-electron chi connectivity index (χ1n) is 7.86. The molecule has 24 heavy (non-hydrogen) atoms. The summed E-state index contributed by atoms with van der Waals surface area (Å²) < 4.78 is 0. The van der Waals surface area contributed by atoms with Gasteiger partial charge in [0.25, 0.3) is 5.91 Å². The van der Waals surface area contributed by atoms with Crippen LogP contribution in [0.15, 0.2) is 53.6 Å². The number of hydrogen-bond acceptors (Lipinski definition) is 4. The van der Waals surface area contributed by atoms with Crippen molar-refractivity contribution in [3.05, 3.63) is 65.2 Å². The topological polar surface area (TPSA) is 68.5 Å². The molecule has 2 rings (SSSR count). The average molecular weight is 320 g/mol. The third-order valence-electron chi connectivity index (χ3n) is 3.68. The van der Waals surface area contributed by atoms with E-state index in [1.54, 1.807) is 42.6 Å². The molecular formula is C19H20N4O. The average Bonchev–Trinajstić information content (AvgIpc) is 2.64. The Bertz CT molecular complexity index is 738. The van der Waals surface area contributed by atoms with Crippen molar-refractivity contribution in [1.82, 2.24) is 5.43 Å². The quantitative estimate of drug-likeness (QED) is 0.656. The summed E-state index contributed by atoms with van der Waals surface area (Å²) in [5.41, 5.74) is 5.56. The second-order valence-electron chi connectivity index (χ2n) is 5.15. The fourth-order valence-corrected chi connectivity index (χ4v) is 2.29. The summed E-state index contributed by atoms with van der Waals surface area (Å²) in [4.78, 5) is 14.3. The van der Waals surface area contributed by atoms with Gasteiger partial charge in [-0.1, -0.05) is 12.1 Å². The Morgan fingerprint density at radius 1 is 1.12 bits per heavy atom. The third kappa shape index (κ3) is 4.43. The number of nitrogens with one attached hydrogen (secondary N) is 1. The second kappa shape index (κ2) is 8.49. The Kier molecular flexibility index (Phi) is 6.09. The molecule has 0 saturated heterocycles. The molecule has 0 fully saturated rings. The molecular weight excluding hydrogens is 300 g/mol. The SMILES string of the molecule is CCN(CC)c1ccc(C(=O)NN=Cc2ccc(C#N)cc2)cc1. The van der Waals surface area contributed by atoms with E-state index in [0.717, 1.165) is 24.3 Å². The van der Waals surface area contributed by atoms with Gasteiger partial charge < -0.3 is 4.90 Å². The molecule has 0 heterocycles. The molecule has 0 aliphatic carbocycles. The lowest BCUT2D eigenvalue weighted by atomic mass is 10.2. The number of hydrogen-bond donors (Lipinski definition) is 1. The molecule has 0 bridgehead atoms. The fraction of sp³-hybridized carbons (Fsp3) is 0.211. The highest BCUT2D eigenvalue weighted by Gasteiger charge is 2.06. The van der Waals surface area contributed by atoms with E-state index in [1.165, 1.54) is 0 Å². The summed E-state index contributed by atoms with van der Waals surface area (Å²) in [6.07, 6.45) is 1.54. The standard InChI is InChI=1S/C19H20N4O/c1-3-23(4-2)18-11-9-17(10-12-18)19(24)22-21-14-16-7-5-15(13-20)6-8-16/h5-12,14H,3-4H2,1-2H3,(H,22,24). The van der Waals surface area contributed by atoms with E-state index in [0.29, 0.717) is 11.1 Å². The van der Waals surface area contributed by atoms with Crippen LogP contribution in [0.2, 0.25) is 0 Å². The maximum absolute atomic E-state index is 12.1. The Morgan fingerprint density at radius 2 is 1.75 bits per heavy atom. The lowest BCUT2D eigenvalue weighted by Gasteiger charge is -2.20. The van der Waals surface area contributed by atoms with Crippen molar-refractivity contribution in [1.29, 1.82) is 5.26 Å². The Labute approximate surface area is 142 Å². The summed E-state index contributed by atoms with van der Waals surface area (Å²) in [6.45, 7) is 6.05. The highest BCUT2D eigenvalue weighted by Crippen LogP contribution is 2.14. The van der Waals surface area contributed by atoms with Crippen molar-refractivity contribution in [2.45, 2.75) is 13.8 Å². The Hall–Kier alpha value is -3.13. The minimum atomic E-state index is -0.258. The maximum Gasteiger partial charge on any atom is 0.271 e. The zero-order chi connectivity index (χ0) is 17.4. The molecule has 5 heteroatoms. The number of nitrogens with zero attached hydrogens (tertiary/aromatic N) is 3. The van der Waals surface area contributed by atoms with Crippen molar-refractivity contribution in [3.8, 4) is 6.07 Å². The van der Waals surface area contributed by atoms with Gasteiger partial charge in [0.15, 0.2) is 0 Å². The van der Waals surface area contributed by atoms with Gasteiger partial charge in [-0.25, -0.2) is 5.43 Å². The van der Waals surface area contributed by atoms with Gasteiger partial charge in [0, 0.05) is 24.3 Å². The maximum atomic E-state index is 12.1. The highest BCUT2D eigenvalue weighted by molar-refractivity contribution is 5.95. The number of carbonyl (C=O) groups is 1. The summed E-state index contributed by atoms with van der Waals surface area (Å²) >= 11 is 0. The third-order valence-corrected chi connectivity index (χ3v) is 3.68. The van der Waals surface area contributed by atoms with Gasteiger partial charge in [0.1, 0.15) is 0 Å². The van der Waals surface area contributed by atoms with Crippen LogP contribution >= 0.6 is 0 Å². The normalized spacial score (nSPS) is 10.4. The lowest BCUT2D eigenvalue weighted by Crippen LogP contribution is -2.22. The number of benzene rings is 2. The molecule has 0 aromatic heterocycles. The van der Waals surface area contributed by atoms with Crippen molar-refractivity contribution < 1.29 is 4.79 Å². The molecule has 0 unspecified atom stereocenters. The van der Waals surface area contributed by atoms with Crippen LogP contribution in [0.3, 0.4) is 0 Å². The summed E-state index contributed by atoms with van der Waals surface area (Å²) in [5.74, 6) is -0.258. The van der Waals surface area contributed by atoms with Crippen LogP contribution in [0.1, 0.15) is 35.3 Å². The van der Waals surface area contributed by atoms with Crippen LogP contribution in [-0.2, 0) is 0 Å². The lowest BCUT2D eigenvalue weighted by molar-refractivity contribution is 0.0955. The predicted octanol–water partition coefficient (Wildman–Crippen LogP) is 3.17. The monoisotopic (exact) mass is 320 g/mol. The van der Waals surface area contributed by atoms with Gasteiger partial charge in [-0.15, -0.1) is 0 Å². The van der Waals surface area contributed by atoms with Crippen LogP contribution in [-0.4, -0.2) is 25.2 Å². The van der Waals surface area contributed by atoms with Crippen LogP contribution < -0.4 is 10.3 Å². The Morgan fingerprint density at radius 3 is 2.29 bits per heavy atom. The second-order valence-corrected chi connectivity index (χ2v) is 5.15. The van der Waals surface area contributed by atoms with Crippen LogP contribution in [0, 0.1) is 11.3 Å². The van der Waals surface area contributed by atoms with Crippen molar-refractivity contribution >= 4 is 17.8 Å². The smallest absolute Gasteiger partial charge is 0.271 e. The van der Waals surface area contributed by atoms with Gasteiger partial charge >= 0.3 is 0 Å². The zero-order valence-corrected chi connectivity index (χ0v) is 13.9. The molecule has 0 aliphatic rings. The molecule has 0 radical (unpaired) electrons. The minimum Gasteiger partial charge on any atom is -0.372 e. The molecule has 1 N–H and O–H groups in total. The molecule has 2 aromatic rings. The van der Waals surface area contributed by atoms with Gasteiger partial charge in [-0.3, -0.25) is 4.79 Å². The van der Waals surface area contributed by atoms with E-state index in [1.807, 2.05) is 12.1 Å². The summed E-state index contributed by atoms with van der Waals surface area (Å²) in [6, 6.07) is 16.5. The largest absolute Gasteiger partial charge is 0.372 e. The molecule has 5 nitrogen and oxygen atoms in total.